The lowest BCUT2D eigenvalue weighted by atomic mass is 10.0. The molecule has 2 aromatic heterocycles. The number of nitrogens with zero attached hydrogens (tertiary/aromatic N) is 1. The molecule has 2 heterocycles. The Morgan fingerprint density at radius 1 is 0.966 bits per heavy atom. The minimum atomic E-state index is -0.346. The van der Waals surface area contributed by atoms with Gasteiger partial charge in [-0.25, -0.2) is 0 Å². The highest BCUT2D eigenvalue weighted by molar-refractivity contribution is 6.31. The zero-order valence-electron chi connectivity index (χ0n) is 15.4. The third kappa shape index (κ3) is 3.08. The van der Waals surface area contributed by atoms with Crippen LogP contribution in [0, 0.1) is 0 Å². The molecule has 0 atom stereocenters. The lowest BCUT2D eigenvalue weighted by molar-refractivity contribution is 0.482. The molecule has 3 aromatic carbocycles. The van der Waals surface area contributed by atoms with Crippen molar-refractivity contribution in [3.63, 3.8) is 0 Å². The van der Waals surface area contributed by atoms with Gasteiger partial charge in [-0.2, -0.15) is 0 Å². The Morgan fingerprint density at radius 2 is 1.83 bits per heavy atom. The molecule has 0 fully saturated rings. The van der Waals surface area contributed by atoms with Gasteiger partial charge in [0.2, 0.25) is 0 Å². The van der Waals surface area contributed by atoms with Gasteiger partial charge in [0.05, 0.1) is 11.1 Å². The first kappa shape index (κ1) is 17.6. The van der Waals surface area contributed by atoms with Crippen LogP contribution >= 0.6 is 11.6 Å². The standard InChI is InChI=1S/C24H17ClN2O2/c25-18-8-9-19-20(13-18)26-24(29)22(23(19)28)17-6-3-4-15(12-17)14-27-11-10-16-5-1-2-7-21(16)27/h1-13H,14H2,(H2,26,28,29). The van der Waals surface area contributed by atoms with Crippen LogP contribution in [0.25, 0.3) is 32.9 Å². The van der Waals surface area contributed by atoms with Crippen molar-refractivity contribution < 1.29 is 5.11 Å². The van der Waals surface area contributed by atoms with Crippen molar-refractivity contribution in [1.82, 2.24) is 9.55 Å². The summed E-state index contributed by atoms with van der Waals surface area (Å²) in [6.07, 6.45) is 2.06. The Morgan fingerprint density at radius 3 is 2.72 bits per heavy atom. The van der Waals surface area contributed by atoms with E-state index in [2.05, 4.69) is 33.9 Å². The number of hydrogen-bond acceptors (Lipinski definition) is 2. The molecule has 0 aliphatic carbocycles. The summed E-state index contributed by atoms with van der Waals surface area (Å²) in [6, 6.07) is 23.0. The van der Waals surface area contributed by atoms with Crippen LogP contribution in [0.3, 0.4) is 0 Å². The Bertz CT molecular complexity index is 1430. The number of halogens is 1. The summed E-state index contributed by atoms with van der Waals surface area (Å²) >= 11 is 6.00. The number of aromatic hydroxyl groups is 1. The second kappa shape index (κ2) is 6.83. The second-order valence-electron chi connectivity index (χ2n) is 7.07. The average Bonchev–Trinajstić information content (AvgIpc) is 3.11. The zero-order valence-corrected chi connectivity index (χ0v) is 16.1. The topological polar surface area (TPSA) is 58.0 Å². The molecule has 0 aliphatic heterocycles. The number of para-hydroxylation sites is 1. The lowest BCUT2D eigenvalue weighted by Crippen LogP contribution is -2.09. The summed E-state index contributed by atoms with van der Waals surface area (Å²) < 4.78 is 2.17. The first-order valence-electron chi connectivity index (χ1n) is 9.28. The van der Waals surface area contributed by atoms with Crippen LogP contribution in [0.2, 0.25) is 5.02 Å². The SMILES string of the molecule is O=c1[nH]c2cc(Cl)ccc2c(O)c1-c1cccc(Cn2ccc3ccccc32)c1. The Balaban J connectivity index is 1.60. The number of aromatic nitrogens is 2. The van der Waals surface area contributed by atoms with E-state index >= 15 is 0 Å². The van der Waals surface area contributed by atoms with Crippen LogP contribution in [0.5, 0.6) is 5.75 Å². The number of hydrogen-bond donors (Lipinski definition) is 2. The van der Waals surface area contributed by atoms with Crippen molar-refractivity contribution in [1.29, 1.82) is 0 Å². The molecule has 142 valence electrons. The number of rotatable bonds is 3. The maximum atomic E-state index is 12.7. The highest BCUT2D eigenvalue weighted by Gasteiger charge is 2.14. The number of H-pyrrole nitrogens is 1. The van der Waals surface area contributed by atoms with E-state index in [4.69, 9.17) is 11.6 Å². The predicted octanol–water partition coefficient (Wildman–Crippen LogP) is 5.56. The average molecular weight is 401 g/mol. The maximum Gasteiger partial charge on any atom is 0.260 e. The molecule has 29 heavy (non-hydrogen) atoms. The highest BCUT2D eigenvalue weighted by atomic mass is 35.5. The monoisotopic (exact) mass is 400 g/mol. The molecular weight excluding hydrogens is 384 g/mol. The first-order chi connectivity index (χ1) is 14.1. The van der Waals surface area contributed by atoms with E-state index in [1.165, 1.54) is 5.39 Å². The minimum absolute atomic E-state index is 0.0380. The molecule has 0 bridgehead atoms. The molecule has 5 aromatic rings. The molecule has 5 rings (SSSR count). The van der Waals surface area contributed by atoms with Gasteiger partial charge < -0.3 is 14.7 Å². The van der Waals surface area contributed by atoms with E-state index in [0.717, 1.165) is 11.1 Å². The molecule has 0 saturated heterocycles. The lowest BCUT2D eigenvalue weighted by Gasteiger charge is -2.11. The van der Waals surface area contributed by atoms with E-state index in [0.29, 0.717) is 28.0 Å². The molecule has 2 N–H and O–H groups in total. The van der Waals surface area contributed by atoms with E-state index < -0.39 is 0 Å². The highest BCUT2D eigenvalue weighted by Crippen LogP contribution is 2.33. The molecule has 5 heteroatoms. The van der Waals surface area contributed by atoms with Crippen molar-refractivity contribution in [2.45, 2.75) is 6.54 Å². The normalized spacial score (nSPS) is 11.3. The molecule has 0 amide bonds. The number of aromatic amines is 1. The third-order valence-electron chi connectivity index (χ3n) is 5.20. The van der Waals surface area contributed by atoms with Crippen LogP contribution in [0.15, 0.2) is 83.8 Å². The van der Waals surface area contributed by atoms with Crippen molar-refractivity contribution >= 4 is 33.4 Å². The fourth-order valence-corrected chi connectivity index (χ4v) is 3.99. The molecule has 0 spiro atoms. The van der Waals surface area contributed by atoms with Crippen LogP contribution in [-0.2, 0) is 6.54 Å². The second-order valence-corrected chi connectivity index (χ2v) is 7.51. The molecular formula is C24H17ClN2O2. The van der Waals surface area contributed by atoms with Crippen molar-refractivity contribution in [2.24, 2.45) is 0 Å². The van der Waals surface area contributed by atoms with Gasteiger partial charge in [-0.05, 0) is 52.9 Å². The Labute approximate surface area is 171 Å². The van der Waals surface area contributed by atoms with Crippen LogP contribution < -0.4 is 5.56 Å². The van der Waals surface area contributed by atoms with Crippen LogP contribution in [-0.4, -0.2) is 14.7 Å². The van der Waals surface area contributed by atoms with Crippen molar-refractivity contribution in [3.8, 4) is 16.9 Å². The summed E-state index contributed by atoms with van der Waals surface area (Å²) in [5.41, 5.74) is 3.30. The van der Waals surface area contributed by atoms with E-state index in [9.17, 15) is 9.90 Å². The summed E-state index contributed by atoms with van der Waals surface area (Å²) in [4.78, 5) is 15.5. The molecule has 0 radical (unpaired) electrons. The maximum absolute atomic E-state index is 12.7. The largest absolute Gasteiger partial charge is 0.506 e. The number of fused-ring (bicyclic) bond motifs is 2. The zero-order chi connectivity index (χ0) is 20.0. The van der Waals surface area contributed by atoms with Gasteiger partial charge in [0.25, 0.3) is 5.56 Å². The molecule has 0 aliphatic rings. The van der Waals surface area contributed by atoms with Gasteiger partial charge in [0.1, 0.15) is 5.75 Å². The third-order valence-corrected chi connectivity index (χ3v) is 5.43. The predicted molar refractivity (Wildman–Crippen MR) is 118 cm³/mol. The number of pyridine rings is 1. The first-order valence-corrected chi connectivity index (χ1v) is 9.66. The van der Waals surface area contributed by atoms with E-state index in [1.54, 1.807) is 18.2 Å². The summed E-state index contributed by atoms with van der Waals surface area (Å²) in [5, 5.41) is 13.0. The molecule has 0 saturated carbocycles. The van der Waals surface area contributed by atoms with Crippen LogP contribution in [0.4, 0.5) is 0 Å². The minimum Gasteiger partial charge on any atom is -0.506 e. The van der Waals surface area contributed by atoms with E-state index in [-0.39, 0.29) is 16.9 Å². The van der Waals surface area contributed by atoms with Crippen LogP contribution in [0.1, 0.15) is 5.56 Å². The van der Waals surface area contributed by atoms with Gasteiger partial charge in [-0.15, -0.1) is 0 Å². The fraction of sp³-hybridized carbons (Fsp3) is 0.0417. The van der Waals surface area contributed by atoms with Gasteiger partial charge in [-0.3, -0.25) is 4.79 Å². The Hall–Kier alpha value is -3.50. The quantitative estimate of drug-likeness (QED) is 0.416. The summed E-state index contributed by atoms with van der Waals surface area (Å²) in [5.74, 6) is -0.0380. The fourth-order valence-electron chi connectivity index (χ4n) is 3.82. The van der Waals surface area contributed by atoms with Gasteiger partial charge >= 0.3 is 0 Å². The van der Waals surface area contributed by atoms with Gasteiger partial charge in [-0.1, -0.05) is 48.0 Å². The number of benzene rings is 3. The van der Waals surface area contributed by atoms with Crippen molar-refractivity contribution in [3.05, 3.63) is 99.9 Å². The number of nitrogens with one attached hydrogen (secondary N) is 1. The smallest absolute Gasteiger partial charge is 0.260 e. The summed E-state index contributed by atoms with van der Waals surface area (Å²) in [7, 11) is 0. The van der Waals surface area contributed by atoms with E-state index in [1.807, 2.05) is 36.4 Å². The molecule has 0 unspecified atom stereocenters. The van der Waals surface area contributed by atoms with Crippen molar-refractivity contribution in [2.75, 3.05) is 0 Å². The van der Waals surface area contributed by atoms with Gasteiger partial charge in [0.15, 0.2) is 0 Å². The molecule has 4 nitrogen and oxygen atoms in total. The summed E-state index contributed by atoms with van der Waals surface area (Å²) in [6.45, 7) is 0.670. The van der Waals surface area contributed by atoms with Gasteiger partial charge in [0, 0.05) is 28.7 Å². The Kier molecular flexibility index (Phi) is 4.14.